The van der Waals surface area contributed by atoms with Gasteiger partial charge in [-0.15, -0.1) is 0 Å². The van der Waals surface area contributed by atoms with Gasteiger partial charge in [0, 0.05) is 62.5 Å². The van der Waals surface area contributed by atoms with Crippen molar-refractivity contribution < 1.29 is 23.2 Å². The fourth-order valence-electron chi connectivity index (χ4n) is 6.11. The molecule has 1 N–H and O–H groups in total. The molecule has 3 amide bonds. The number of halogens is 2. The van der Waals surface area contributed by atoms with Crippen molar-refractivity contribution in [2.24, 2.45) is 0 Å². The Morgan fingerprint density at radius 1 is 0.848 bits per heavy atom. The molecular weight excluding hydrogens is 611 g/mol. The number of carbonyl (C=O) groups excluding carboxylic acids is 3. The topological polar surface area (TPSA) is 103 Å². The number of nitrogens with zero attached hydrogens (tertiary/aromatic N) is 3. The van der Waals surface area contributed by atoms with E-state index in [1.165, 1.54) is 6.07 Å². The molecule has 46 heavy (non-hydrogen) atoms. The molecule has 0 bridgehead atoms. The van der Waals surface area contributed by atoms with Crippen molar-refractivity contribution in [3.05, 3.63) is 111 Å². The van der Waals surface area contributed by atoms with E-state index >= 15 is 0 Å². The zero-order valence-corrected chi connectivity index (χ0v) is 26.0. The number of piperazine rings is 1. The highest BCUT2D eigenvalue weighted by molar-refractivity contribution is 6.30. The van der Waals surface area contributed by atoms with Crippen LogP contribution in [0.5, 0.6) is 0 Å². The van der Waals surface area contributed by atoms with Crippen molar-refractivity contribution >= 4 is 46.0 Å². The summed E-state index contributed by atoms with van der Waals surface area (Å²) in [5.74, 6) is -1.86. The van der Waals surface area contributed by atoms with Crippen LogP contribution >= 0.6 is 11.6 Å². The van der Waals surface area contributed by atoms with Crippen LogP contribution in [0.4, 0.5) is 10.1 Å². The van der Waals surface area contributed by atoms with Crippen LogP contribution in [0.3, 0.4) is 0 Å². The van der Waals surface area contributed by atoms with Crippen molar-refractivity contribution in [3.8, 4) is 0 Å². The molecule has 0 aliphatic carbocycles. The minimum Gasteiger partial charge on any atom is -0.451 e. The van der Waals surface area contributed by atoms with Gasteiger partial charge in [-0.1, -0.05) is 35.9 Å². The number of nitrogens with one attached hydrogen (secondary N) is 1. The summed E-state index contributed by atoms with van der Waals surface area (Å²) in [6, 6.07) is 18.1. The standard InChI is InChI=1S/C35H34ClFN4O5/c36-24-10-8-23(9-11-24)20-28(38-33(43)32-22-30(42)27-21-25(37)12-13-31(27)46-32)35(45)41-18-16-39(17-19-41)29-7-3-2-6-26(29)34(44)40-14-4-1-5-15-40/h2-3,6-13,21-22,28H,1,4-5,14-20H2,(H,38,43)/t28-/m1/s1. The molecule has 2 aliphatic heterocycles. The van der Waals surface area contributed by atoms with E-state index in [1.807, 2.05) is 29.2 Å². The smallest absolute Gasteiger partial charge is 0.287 e. The highest BCUT2D eigenvalue weighted by atomic mass is 35.5. The molecule has 3 aromatic carbocycles. The molecule has 2 aliphatic rings. The summed E-state index contributed by atoms with van der Waals surface area (Å²) in [4.78, 5) is 59.1. The first-order valence-corrected chi connectivity index (χ1v) is 15.9. The zero-order chi connectivity index (χ0) is 32.2. The number of amides is 3. The number of rotatable bonds is 7. The minimum absolute atomic E-state index is 0.0161. The van der Waals surface area contributed by atoms with E-state index in [9.17, 15) is 23.6 Å². The molecule has 238 valence electrons. The van der Waals surface area contributed by atoms with Crippen LogP contribution in [0.2, 0.25) is 5.02 Å². The van der Waals surface area contributed by atoms with Crippen LogP contribution in [-0.4, -0.2) is 72.8 Å². The predicted molar refractivity (Wildman–Crippen MR) is 174 cm³/mol. The van der Waals surface area contributed by atoms with Crippen molar-refractivity contribution in [2.75, 3.05) is 44.2 Å². The Labute approximate surface area is 270 Å². The molecule has 0 saturated carbocycles. The number of hydrogen-bond donors (Lipinski definition) is 1. The number of benzene rings is 3. The summed E-state index contributed by atoms with van der Waals surface area (Å²) in [5, 5.41) is 3.32. The molecule has 6 rings (SSSR count). The largest absolute Gasteiger partial charge is 0.451 e. The monoisotopic (exact) mass is 644 g/mol. The summed E-state index contributed by atoms with van der Waals surface area (Å²) in [7, 11) is 0. The molecule has 2 saturated heterocycles. The van der Waals surface area contributed by atoms with E-state index in [4.69, 9.17) is 16.0 Å². The maximum absolute atomic E-state index is 13.9. The number of para-hydroxylation sites is 1. The van der Waals surface area contributed by atoms with Gasteiger partial charge in [0.2, 0.25) is 5.91 Å². The predicted octanol–water partition coefficient (Wildman–Crippen LogP) is 4.90. The van der Waals surface area contributed by atoms with Crippen LogP contribution in [-0.2, 0) is 11.2 Å². The Morgan fingerprint density at radius 2 is 1.57 bits per heavy atom. The Hall–Kier alpha value is -4.70. The first-order valence-electron chi connectivity index (χ1n) is 15.5. The molecule has 4 aromatic rings. The highest BCUT2D eigenvalue weighted by Gasteiger charge is 2.31. The Morgan fingerprint density at radius 3 is 2.30 bits per heavy atom. The van der Waals surface area contributed by atoms with Crippen LogP contribution in [0.1, 0.15) is 45.7 Å². The number of piperidine rings is 1. The third-order valence-electron chi connectivity index (χ3n) is 8.58. The van der Waals surface area contributed by atoms with Crippen LogP contribution < -0.4 is 15.6 Å². The fourth-order valence-corrected chi connectivity index (χ4v) is 6.24. The van der Waals surface area contributed by atoms with Crippen molar-refractivity contribution in [1.29, 1.82) is 0 Å². The summed E-state index contributed by atoms with van der Waals surface area (Å²) in [6.45, 7) is 3.31. The van der Waals surface area contributed by atoms with E-state index in [1.54, 1.807) is 29.2 Å². The van der Waals surface area contributed by atoms with E-state index in [-0.39, 0.29) is 35.0 Å². The summed E-state index contributed by atoms with van der Waals surface area (Å²) in [6.07, 6.45) is 3.34. The van der Waals surface area contributed by atoms with Crippen molar-refractivity contribution in [3.63, 3.8) is 0 Å². The Kier molecular flexibility index (Phi) is 9.35. The number of fused-ring (bicyclic) bond motifs is 1. The summed E-state index contributed by atoms with van der Waals surface area (Å²) in [5.41, 5.74) is 1.79. The molecule has 1 atom stereocenters. The van der Waals surface area contributed by atoms with Crippen LogP contribution in [0.25, 0.3) is 11.0 Å². The van der Waals surface area contributed by atoms with E-state index in [2.05, 4.69) is 10.2 Å². The van der Waals surface area contributed by atoms with Gasteiger partial charge in [-0.05, 0) is 67.3 Å². The van der Waals surface area contributed by atoms with E-state index < -0.39 is 23.2 Å². The van der Waals surface area contributed by atoms with E-state index in [0.29, 0.717) is 36.8 Å². The number of anilines is 1. The molecule has 1 aromatic heterocycles. The second-order valence-electron chi connectivity index (χ2n) is 11.7. The lowest BCUT2D eigenvalue weighted by molar-refractivity contribution is -0.133. The molecule has 0 radical (unpaired) electrons. The van der Waals surface area contributed by atoms with Gasteiger partial charge in [-0.3, -0.25) is 19.2 Å². The van der Waals surface area contributed by atoms with Gasteiger partial charge in [0.1, 0.15) is 17.4 Å². The van der Waals surface area contributed by atoms with Crippen LogP contribution in [0.15, 0.2) is 82.0 Å². The Balaban J connectivity index is 1.19. The molecule has 11 heteroatoms. The van der Waals surface area contributed by atoms with E-state index in [0.717, 1.165) is 61.8 Å². The first kappa shape index (κ1) is 31.3. The normalized spacial score (nSPS) is 15.9. The second-order valence-corrected chi connectivity index (χ2v) is 12.1. The lowest BCUT2D eigenvalue weighted by Crippen LogP contribution is -2.56. The van der Waals surface area contributed by atoms with Gasteiger partial charge in [-0.25, -0.2) is 4.39 Å². The Bertz CT molecular complexity index is 1810. The van der Waals surface area contributed by atoms with Gasteiger partial charge in [-0.2, -0.15) is 0 Å². The molecule has 0 spiro atoms. The van der Waals surface area contributed by atoms with Gasteiger partial charge in [0.15, 0.2) is 11.2 Å². The average molecular weight is 645 g/mol. The third kappa shape index (κ3) is 6.92. The maximum Gasteiger partial charge on any atom is 0.287 e. The van der Waals surface area contributed by atoms with Crippen molar-refractivity contribution in [2.45, 2.75) is 31.7 Å². The van der Waals surface area contributed by atoms with Gasteiger partial charge in [0.25, 0.3) is 11.8 Å². The average Bonchev–Trinajstić information content (AvgIpc) is 3.09. The number of hydrogen-bond acceptors (Lipinski definition) is 6. The van der Waals surface area contributed by atoms with Crippen LogP contribution in [0, 0.1) is 5.82 Å². The SMILES string of the molecule is O=C(N[C@H](Cc1ccc(Cl)cc1)C(=O)N1CCN(c2ccccc2C(=O)N2CCCCC2)CC1)c1cc(=O)c2cc(F)ccc2o1. The van der Waals surface area contributed by atoms with Gasteiger partial charge >= 0.3 is 0 Å². The molecule has 9 nitrogen and oxygen atoms in total. The molecule has 0 unspecified atom stereocenters. The van der Waals surface area contributed by atoms with Gasteiger partial charge < -0.3 is 24.4 Å². The van der Waals surface area contributed by atoms with Crippen molar-refractivity contribution in [1.82, 2.24) is 15.1 Å². The number of carbonyl (C=O) groups is 3. The molecule has 3 heterocycles. The third-order valence-corrected chi connectivity index (χ3v) is 8.83. The summed E-state index contributed by atoms with van der Waals surface area (Å²) >= 11 is 6.07. The maximum atomic E-state index is 13.9. The molecule has 2 fully saturated rings. The lowest BCUT2D eigenvalue weighted by Gasteiger charge is -2.38. The first-order chi connectivity index (χ1) is 22.3. The second kappa shape index (κ2) is 13.7. The summed E-state index contributed by atoms with van der Waals surface area (Å²) < 4.78 is 19.3. The van der Waals surface area contributed by atoms with Gasteiger partial charge in [0.05, 0.1) is 10.9 Å². The highest BCUT2D eigenvalue weighted by Crippen LogP contribution is 2.25. The molecular formula is C35H34ClFN4O5. The zero-order valence-electron chi connectivity index (χ0n) is 25.2. The minimum atomic E-state index is -0.970. The fraction of sp³-hybridized carbons (Fsp3) is 0.314. The lowest BCUT2D eigenvalue weighted by atomic mass is 10.0. The number of likely N-dealkylation sites (tertiary alicyclic amines) is 1. The quantitative estimate of drug-likeness (QED) is 0.307.